The number of hydrogen-bond acceptors (Lipinski definition) is 4. The van der Waals surface area contributed by atoms with E-state index < -0.39 is 5.97 Å². The third kappa shape index (κ3) is 2.70. The van der Waals surface area contributed by atoms with E-state index in [1.165, 1.54) is 14.2 Å². The van der Waals surface area contributed by atoms with Crippen LogP contribution in [0.15, 0.2) is 29.4 Å². The molecule has 0 aromatic heterocycles. The number of hydrogen-bond donors (Lipinski definition) is 1. The van der Waals surface area contributed by atoms with Crippen LogP contribution in [0.5, 0.6) is 5.75 Å². The fourth-order valence-electron chi connectivity index (χ4n) is 1.06. The van der Waals surface area contributed by atoms with E-state index in [-0.39, 0.29) is 5.71 Å². The molecule has 0 unspecified atom stereocenters. The molecule has 0 bridgehead atoms. The minimum Gasteiger partial charge on any atom is -0.497 e. The average molecular weight is 209 g/mol. The number of methoxy groups -OCH3 is 1. The molecule has 0 saturated heterocycles. The lowest BCUT2D eigenvalue weighted by molar-refractivity contribution is -0.129. The summed E-state index contributed by atoms with van der Waals surface area (Å²) in [4.78, 5) is 15.3. The molecule has 1 rings (SSSR count). The third-order valence-corrected chi connectivity index (χ3v) is 1.75. The Hall–Kier alpha value is -2.04. The van der Waals surface area contributed by atoms with Crippen LogP contribution in [-0.2, 0) is 9.63 Å². The summed E-state index contributed by atoms with van der Waals surface area (Å²) in [5, 5.41) is 12.3. The smallest absolute Gasteiger partial charge is 0.358 e. The molecule has 0 aliphatic heterocycles. The van der Waals surface area contributed by atoms with Crippen LogP contribution in [-0.4, -0.2) is 31.0 Å². The van der Waals surface area contributed by atoms with Crippen molar-refractivity contribution >= 4 is 11.7 Å². The Morgan fingerprint density at radius 1 is 1.27 bits per heavy atom. The van der Waals surface area contributed by atoms with E-state index in [0.29, 0.717) is 11.3 Å². The second-order valence-electron chi connectivity index (χ2n) is 2.66. The standard InChI is InChI=1S/C10H11NO4/c1-14-8-5-3-7(4-6-8)9(10(12)13)11-15-2/h3-6H,1-2H3,(H,12,13). The van der Waals surface area contributed by atoms with Crippen molar-refractivity contribution < 1.29 is 19.5 Å². The van der Waals surface area contributed by atoms with Gasteiger partial charge in [0.25, 0.3) is 0 Å². The highest BCUT2D eigenvalue weighted by Crippen LogP contribution is 2.12. The Kier molecular flexibility index (Phi) is 3.68. The Morgan fingerprint density at radius 2 is 1.87 bits per heavy atom. The summed E-state index contributed by atoms with van der Waals surface area (Å²) in [5.41, 5.74) is 0.324. The Morgan fingerprint density at radius 3 is 2.27 bits per heavy atom. The van der Waals surface area contributed by atoms with Gasteiger partial charge in [-0.3, -0.25) is 0 Å². The van der Waals surface area contributed by atoms with Gasteiger partial charge < -0.3 is 14.7 Å². The SMILES string of the molecule is CON=C(C(=O)O)c1ccc(OC)cc1. The minimum atomic E-state index is -1.14. The molecule has 0 aliphatic carbocycles. The van der Waals surface area contributed by atoms with Crippen LogP contribution < -0.4 is 4.74 Å². The van der Waals surface area contributed by atoms with Crippen molar-refractivity contribution in [3.63, 3.8) is 0 Å². The average Bonchev–Trinajstić information content (AvgIpc) is 2.26. The van der Waals surface area contributed by atoms with Crippen LogP contribution in [0.2, 0.25) is 0 Å². The van der Waals surface area contributed by atoms with E-state index in [9.17, 15) is 4.79 Å². The molecular formula is C10H11NO4. The summed E-state index contributed by atoms with van der Waals surface area (Å²) in [6, 6.07) is 6.52. The van der Waals surface area contributed by atoms with E-state index in [2.05, 4.69) is 9.99 Å². The summed E-state index contributed by atoms with van der Waals surface area (Å²) in [6.07, 6.45) is 0. The van der Waals surface area contributed by atoms with E-state index >= 15 is 0 Å². The van der Waals surface area contributed by atoms with Gasteiger partial charge in [0.15, 0.2) is 5.71 Å². The van der Waals surface area contributed by atoms with Crippen LogP contribution in [0.25, 0.3) is 0 Å². The lowest BCUT2D eigenvalue weighted by Crippen LogP contribution is -2.14. The van der Waals surface area contributed by atoms with Crippen molar-refractivity contribution in [2.45, 2.75) is 0 Å². The molecule has 0 heterocycles. The van der Waals surface area contributed by atoms with E-state index in [1.54, 1.807) is 24.3 Å². The van der Waals surface area contributed by atoms with Gasteiger partial charge in [0.1, 0.15) is 12.9 Å². The molecule has 80 valence electrons. The van der Waals surface area contributed by atoms with Crippen molar-refractivity contribution in [2.24, 2.45) is 5.16 Å². The summed E-state index contributed by atoms with van der Waals surface area (Å²) in [7, 11) is 2.84. The first-order valence-electron chi connectivity index (χ1n) is 4.18. The summed E-state index contributed by atoms with van der Waals surface area (Å²) >= 11 is 0. The van der Waals surface area contributed by atoms with Crippen molar-refractivity contribution in [3.05, 3.63) is 29.8 Å². The van der Waals surface area contributed by atoms with Gasteiger partial charge in [-0.2, -0.15) is 0 Å². The number of ether oxygens (including phenoxy) is 1. The normalized spacial score (nSPS) is 10.9. The second kappa shape index (κ2) is 4.99. The number of oxime groups is 1. The van der Waals surface area contributed by atoms with Crippen LogP contribution in [0, 0.1) is 0 Å². The number of benzene rings is 1. The zero-order valence-electron chi connectivity index (χ0n) is 8.43. The highest BCUT2D eigenvalue weighted by molar-refractivity contribution is 6.42. The minimum absolute atomic E-state index is 0.139. The van der Waals surface area contributed by atoms with Gasteiger partial charge in [-0.25, -0.2) is 4.79 Å². The van der Waals surface area contributed by atoms with Gasteiger partial charge in [-0.1, -0.05) is 5.16 Å². The quantitative estimate of drug-likeness (QED) is 0.596. The molecule has 5 heteroatoms. The number of rotatable bonds is 4. The van der Waals surface area contributed by atoms with Gasteiger partial charge in [-0.15, -0.1) is 0 Å². The zero-order valence-corrected chi connectivity index (χ0v) is 8.43. The molecule has 0 saturated carbocycles. The fourth-order valence-corrected chi connectivity index (χ4v) is 1.06. The fraction of sp³-hybridized carbons (Fsp3) is 0.200. The molecule has 5 nitrogen and oxygen atoms in total. The number of carbonyl (C=O) groups is 1. The summed E-state index contributed by atoms with van der Waals surface area (Å²) < 4.78 is 4.95. The first-order valence-corrected chi connectivity index (χ1v) is 4.18. The molecule has 15 heavy (non-hydrogen) atoms. The number of carboxylic acids is 1. The van der Waals surface area contributed by atoms with Crippen LogP contribution in [0.4, 0.5) is 0 Å². The van der Waals surface area contributed by atoms with Crippen LogP contribution >= 0.6 is 0 Å². The molecule has 0 atom stereocenters. The maximum Gasteiger partial charge on any atom is 0.358 e. The maximum absolute atomic E-state index is 10.8. The van der Waals surface area contributed by atoms with Gasteiger partial charge in [-0.05, 0) is 24.3 Å². The highest BCUT2D eigenvalue weighted by Gasteiger charge is 2.13. The van der Waals surface area contributed by atoms with E-state index in [1.807, 2.05) is 0 Å². The Balaban J connectivity index is 3.02. The Labute approximate surface area is 86.9 Å². The van der Waals surface area contributed by atoms with Gasteiger partial charge >= 0.3 is 5.97 Å². The molecule has 0 amide bonds. The predicted octanol–water partition coefficient (Wildman–Crippen LogP) is 1.13. The molecule has 1 aromatic rings. The second-order valence-corrected chi connectivity index (χ2v) is 2.66. The topological polar surface area (TPSA) is 68.1 Å². The molecule has 0 radical (unpaired) electrons. The number of aliphatic carboxylic acids is 1. The van der Waals surface area contributed by atoms with Gasteiger partial charge in [0, 0.05) is 5.56 Å². The van der Waals surface area contributed by atoms with Crippen molar-refractivity contribution in [1.29, 1.82) is 0 Å². The lowest BCUT2D eigenvalue weighted by atomic mass is 10.1. The zero-order chi connectivity index (χ0) is 11.3. The first-order chi connectivity index (χ1) is 7.19. The first kappa shape index (κ1) is 11.0. The van der Waals surface area contributed by atoms with Crippen molar-refractivity contribution in [3.8, 4) is 5.75 Å². The highest BCUT2D eigenvalue weighted by atomic mass is 16.6. The van der Waals surface area contributed by atoms with E-state index in [4.69, 9.17) is 9.84 Å². The summed E-state index contributed by atoms with van der Waals surface area (Å²) in [6.45, 7) is 0. The third-order valence-electron chi connectivity index (χ3n) is 1.75. The Bertz CT molecular complexity index is 370. The monoisotopic (exact) mass is 209 g/mol. The summed E-state index contributed by atoms with van der Waals surface area (Å²) in [5.74, 6) is -0.483. The maximum atomic E-state index is 10.8. The van der Waals surface area contributed by atoms with E-state index in [0.717, 1.165) is 0 Å². The molecule has 1 aromatic carbocycles. The number of carboxylic acid groups (broad SMARTS) is 1. The molecular weight excluding hydrogens is 198 g/mol. The van der Waals surface area contributed by atoms with Crippen molar-refractivity contribution in [2.75, 3.05) is 14.2 Å². The van der Waals surface area contributed by atoms with Crippen LogP contribution in [0.3, 0.4) is 0 Å². The lowest BCUT2D eigenvalue weighted by Gasteiger charge is -2.02. The molecule has 1 N–H and O–H groups in total. The van der Waals surface area contributed by atoms with Gasteiger partial charge in [0.05, 0.1) is 7.11 Å². The number of nitrogens with zero attached hydrogens (tertiary/aromatic N) is 1. The molecule has 0 spiro atoms. The largest absolute Gasteiger partial charge is 0.497 e. The molecule has 0 fully saturated rings. The van der Waals surface area contributed by atoms with Crippen LogP contribution in [0.1, 0.15) is 5.56 Å². The van der Waals surface area contributed by atoms with Gasteiger partial charge in [0.2, 0.25) is 0 Å². The van der Waals surface area contributed by atoms with Crippen molar-refractivity contribution in [1.82, 2.24) is 0 Å². The predicted molar refractivity (Wildman–Crippen MR) is 54.2 cm³/mol. The molecule has 0 aliphatic rings.